The molecule has 0 unspecified atom stereocenters. The first kappa shape index (κ1) is 22.5. The summed E-state index contributed by atoms with van der Waals surface area (Å²) >= 11 is 7.27. The number of fused-ring (bicyclic) bond motifs is 1. The number of anilines is 1. The van der Waals surface area contributed by atoms with Crippen LogP contribution >= 0.6 is 22.9 Å². The molecular weight excluding hydrogens is 453 g/mol. The average molecular weight is 476 g/mol. The third-order valence-electron chi connectivity index (χ3n) is 5.39. The Morgan fingerprint density at radius 2 is 1.88 bits per heavy atom. The van der Waals surface area contributed by atoms with Gasteiger partial charge in [-0.05, 0) is 36.8 Å². The van der Waals surface area contributed by atoms with Gasteiger partial charge in [-0.25, -0.2) is 9.18 Å². The molecule has 0 saturated carbocycles. The topological polar surface area (TPSA) is 61.9 Å². The lowest BCUT2D eigenvalue weighted by Gasteiger charge is -2.22. The molecule has 32 heavy (non-hydrogen) atoms. The summed E-state index contributed by atoms with van der Waals surface area (Å²) in [7, 11) is 1.53. The summed E-state index contributed by atoms with van der Waals surface area (Å²) in [4.78, 5) is 30.0. The van der Waals surface area contributed by atoms with Crippen molar-refractivity contribution in [2.75, 3.05) is 38.6 Å². The molecule has 1 N–H and O–H groups in total. The van der Waals surface area contributed by atoms with Gasteiger partial charge in [0.15, 0.2) is 0 Å². The highest BCUT2D eigenvalue weighted by Gasteiger charge is 2.27. The van der Waals surface area contributed by atoms with Crippen LogP contribution in [-0.2, 0) is 11.3 Å². The fourth-order valence-corrected chi connectivity index (χ4v) is 5.24. The minimum Gasteiger partial charge on any atom is -0.380 e. The number of carbonyl (C=O) groups is 2. The lowest BCUT2D eigenvalue weighted by atomic mass is 10.1. The van der Waals surface area contributed by atoms with Crippen LogP contribution in [0, 0.1) is 5.82 Å². The maximum atomic E-state index is 14.5. The summed E-state index contributed by atoms with van der Waals surface area (Å²) in [6, 6.07) is 11.6. The number of methoxy groups -OCH3 is 1. The lowest BCUT2D eigenvalue weighted by molar-refractivity contribution is 0.0763. The van der Waals surface area contributed by atoms with Gasteiger partial charge in [-0.1, -0.05) is 23.7 Å². The fraction of sp³-hybridized carbons (Fsp3) is 0.304. The van der Waals surface area contributed by atoms with Crippen LogP contribution in [-0.4, -0.2) is 55.0 Å². The summed E-state index contributed by atoms with van der Waals surface area (Å²) in [5, 5.41) is 3.84. The Kier molecular flexibility index (Phi) is 6.93. The van der Waals surface area contributed by atoms with Crippen molar-refractivity contribution in [2.45, 2.75) is 13.0 Å². The maximum Gasteiger partial charge on any atom is 0.321 e. The number of urea groups is 1. The Labute approximate surface area is 194 Å². The molecule has 168 valence electrons. The predicted molar refractivity (Wildman–Crippen MR) is 125 cm³/mol. The van der Waals surface area contributed by atoms with E-state index in [0.29, 0.717) is 59.1 Å². The zero-order chi connectivity index (χ0) is 22.7. The summed E-state index contributed by atoms with van der Waals surface area (Å²) < 4.78 is 20.4. The Morgan fingerprint density at radius 3 is 2.66 bits per heavy atom. The van der Waals surface area contributed by atoms with Crippen molar-refractivity contribution in [3.05, 3.63) is 63.7 Å². The molecule has 0 bridgehead atoms. The van der Waals surface area contributed by atoms with Gasteiger partial charge in [0.2, 0.25) is 0 Å². The molecule has 0 aliphatic carbocycles. The van der Waals surface area contributed by atoms with Crippen LogP contribution < -0.4 is 5.32 Å². The Balaban J connectivity index is 1.49. The van der Waals surface area contributed by atoms with Crippen LogP contribution in [0.2, 0.25) is 5.02 Å². The Morgan fingerprint density at radius 1 is 1.12 bits per heavy atom. The normalized spacial score (nSPS) is 14.5. The highest BCUT2D eigenvalue weighted by Crippen LogP contribution is 2.34. The van der Waals surface area contributed by atoms with Gasteiger partial charge in [0, 0.05) is 59.6 Å². The summed E-state index contributed by atoms with van der Waals surface area (Å²) in [6.45, 7) is 2.00. The number of rotatable bonds is 4. The van der Waals surface area contributed by atoms with Crippen molar-refractivity contribution in [1.29, 1.82) is 0 Å². The fourth-order valence-electron chi connectivity index (χ4n) is 3.86. The number of hydrogen-bond donors (Lipinski definition) is 1. The van der Waals surface area contributed by atoms with Gasteiger partial charge in [-0.15, -0.1) is 11.3 Å². The molecular formula is C23H23ClFN3O3S. The van der Waals surface area contributed by atoms with E-state index in [-0.39, 0.29) is 24.4 Å². The number of nitrogens with one attached hydrogen (secondary N) is 1. The predicted octanol–water partition coefficient (Wildman–Crippen LogP) is 5.22. The first-order valence-electron chi connectivity index (χ1n) is 10.3. The first-order valence-corrected chi connectivity index (χ1v) is 11.5. The van der Waals surface area contributed by atoms with Crippen molar-refractivity contribution < 1.29 is 18.7 Å². The third-order valence-corrected chi connectivity index (χ3v) is 6.81. The monoisotopic (exact) mass is 475 g/mol. The number of halogens is 2. The van der Waals surface area contributed by atoms with Gasteiger partial charge in [-0.3, -0.25) is 4.79 Å². The van der Waals surface area contributed by atoms with Gasteiger partial charge in [0.25, 0.3) is 5.91 Å². The number of carbonyl (C=O) groups excluding carboxylic acids is 2. The minimum absolute atomic E-state index is 0.157. The minimum atomic E-state index is -0.357. The Hall–Kier alpha value is -2.68. The van der Waals surface area contributed by atoms with Crippen LogP contribution in [0.4, 0.5) is 14.9 Å². The summed E-state index contributed by atoms with van der Waals surface area (Å²) in [5.74, 6) is -0.515. The van der Waals surface area contributed by atoms with E-state index < -0.39 is 0 Å². The SMILES string of the molecule is COCc1c(C(=O)N2CCCN(C(=O)Nc3cccc(Cl)c3)CC2)sc2cccc(F)c12. The molecule has 3 aromatic rings. The van der Waals surface area contributed by atoms with E-state index in [4.69, 9.17) is 16.3 Å². The molecule has 9 heteroatoms. The lowest BCUT2D eigenvalue weighted by Crippen LogP contribution is -2.39. The van der Waals surface area contributed by atoms with Gasteiger partial charge in [0.1, 0.15) is 5.82 Å². The van der Waals surface area contributed by atoms with Crippen LogP contribution in [0.1, 0.15) is 21.7 Å². The molecule has 1 aliphatic rings. The number of hydrogen-bond acceptors (Lipinski definition) is 4. The molecule has 0 atom stereocenters. The second-order valence-corrected chi connectivity index (χ2v) is 9.02. The van der Waals surface area contributed by atoms with E-state index in [1.54, 1.807) is 40.1 Å². The van der Waals surface area contributed by atoms with Gasteiger partial charge in [0.05, 0.1) is 11.5 Å². The smallest absolute Gasteiger partial charge is 0.321 e. The molecule has 2 aromatic carbocycles. The molecule has 3 amide bonds. The van der Waals surface area contributed by atoms with E-state index in [9.17, 15) is 14.0 Å². The molecule has 1 aliphatic heterocycles. The zero-order valence-corrected chi connectivity index (χ0v) is 19.1. The highest BCUT2D eigenvalue weighted by atomic mass is 35.5. The van der Waals surface area contributed by atoms with Crippen LogP contribution in [0.3, 0.4) is 0 Å². The van der Waals surface area contributed by atoms with E-state index in [2.05, 4.69) is 5.32 Å². The third kappa shape index (κ3) is 4.72. The number of ether oxygens (including phenoxy) is 1. The molecule has 6 nitrogen and oxygen atoms in total. The number of thiophene rings is 1. The largest absolute Gasteiger partial charge is 0.380 e. The van der Waals surface area contributed by atoms with E-state index in [1.807, 2.05) is 6.07 Å². The second kappa shape index (κ2) is 9.85. The molecule has 1 saturated heterocycles. The highest BCUT2D eigenvalue weighted by molar-refractivity contribution is 7.21. The quantitative estimate of drug-likeness (QED) is 0.562. The second-order valence-electron chi connectivity index (χ2n) is 7.53. The van der Waals surface area contributed by atoms with Crippen molar-refractivity contribution in [1.82, 2.24) is 9.80 Å². The molecule has 1 fully saturated rings. The number of benzene rings is 2. The van der Waals surface area contributed by atoms with Crippen molar-refractivity contribution >= 4 is 50.6 Å². The molecule has 0 spiro atoms. The van der Waals surface area contributed by atoms with E-state index in [0.717, 1.165) is 4.70 Å². The zero-order valence-electron chi connectivity index (χ0n) is 17.6. The molecule has 2 heterocycles. The van der Waals surface area contributed by atoms with E-state index >= 15 is 0 Å². The summed E-state index contributed by atoms with van der Waals surface area (Å²) in [5.41, 5.74) is 1.20. The van der Waals surface area contributed by atoms with Gasteiger partial charge >= 0.3 is 6.03 Å². The molecule has 0 radical (unpaired) electrons. The van der Waals surface area contributed by atoms with Gasteiger partial charge < -0.3 is 19.9 Å². The van der Waals surface area contributed by atoms with Crippen LogP contribution in [0.5, 0.6) is 0 Å². The number of amides is 3. The van der Waals surface area contributed by atoms with Crippen LogP contribution in [0.25, 0.3) is 10.1 Å². The molecule has 4 rings (SSSR count). The number of nitrogens with zero attached hydrogens (tertiary/aromatic N) is 2. The average Bonchev–Trinajstić information content (AvgIpc) is 2.96. The van der Waals surface area contributed by atoms with Crippen molar-refractivity contribution in [3.63, 3.8) is 0 Å². The van der Waals surface area contributed by atoms with Gasteiger partial charge in [-0.2, -0.15) is 0 Å². The van der Waals surface area contributed by atoms with Crippen LogP contribution in [0.15, 0.2) is 42.5 Å². The van der Waals surface area contributed by atoms with Crippen molar-refractivity contribution in [3.8, 4) is 0 Å². The summed E-state index contributed by atoms with van der Waals surface area (Å²) in [6.07, 6.45) is 0.646. The van der Waals surface area contributed by atoms with E-state index in [1.165, 1.54) is 24.5 Å². The molecule has 1 aromatic heterocycles. The maximum absolute atomic E-state index is 14.5. The van der Waals surface area contributed by atoms with Crippen molar-refractivity contribution in [2.24, 2.45) is 0 Å². The first-order chi connectivity index (χ1) is 15.5. The Bertz CT molecular complexity index is 1150. The standard InChI is InChI=1S/C23H23ClFN3O3S/c1-31-14-17-20-18(25)7-3-8-19(20)32-21(17)22(29)27-9-4-10-28(12-11-27)23(30)26-16-6-2-5-15(24)13-16/h2-3,5-8,13H,4,9-12,14H2,1H3,(H,26,30).